The fourth-order valence-corrected chi connectivity index (χ4v) is 1.22. The Morgan fingerprint density at radius 2 is 2.23 bits per heavy atom. The summed E-state index contributed by atoms with van der Waals surface area (Å²) in [4.78, 5) is 0. The monoisotopic (exact) mass is 308 g/mol. The Labute approximate surface area is 92.9 Å². The van der Waals surface area contributed by atoms with Crippen molar-refractivity contribution >= 4 is 31.9 Å². The highest BCUT2D eigenvalue weighted by atomic mass is 79.9. The second-order valence-corrected chi connectivity index (χ2v) is 4.36. The lowest BCUT2D eigenvalue weighted by atomic mass is 10.3. The molecule has 1 rings (SSSR count). The summed E-state index contributed by atoms with van der Waals surface area (Å²) in [6.07, 6.45) is 0. The van der Waals surface area contributed by atoms with Crippen molar-refractivity contribution in [2.45, 2.75) is 0 Å². The Morgan fingerprint density at radius 3 is 2.85 bits per heavy atom. The average molecular weight is 310 g/mol. The van der Waals surface area contributed by atoms with Crippen LogP contribution in [0.15, 0.2) is 33.7 Å². The molecule has 1 aromatic rings. The van der Waals surface area contributed by atoms with Crippen LogP contribution in [0.4, 0.5) is 4.39 Å². The number of halogens is 3. The van der Waals surface area contributed by atoms with Gasteiger partial charge in [0.2, 0.25) is 0 Å². The molecule has 0 fully saturated rings. The van der Waals surface area contributed by atoms with Crippen molar-refractivity contribution in [2.24, 2.45) is 0 Å². The molecule has 13 heavy (non-hydrogen) atoms. The zero-order valence-corrected chi connectivity index (χ0v) is 9.86. The first-order chi connectivity index (χ1) is 6.09. The van der Waals surface area contributed by atoms with Gasteiger partial charge in [-0.2, -0.15) is 0 Å². The van der Waals surface area contributed by atoms with Gasteiger partial charge >= 0.3 is 0 Å². The molecular weight excluding hydrogens is 303 g/mol. The number of ether oxygens (including phenoxy) is 1. The van der Waals surface area contributed by atoms with Crippen LogP contribution in [0, 0.1) is 5.82 Å². The van der Waals surface area contributed by atoms with Crippen LogP contribution in [-0.4, -0.2) is 6.61 Å². The Kier molecular flexibility index (Phi) is 3.93. The Bertz CT molecular complexity index is 325. The van der Waals surface area contributed by atoms with E-state index < -0.39 is 0 Å². The van der Waals surface area contributed by atoms with Crippen LogP contribution in [0.25, 0.3) is 0 Å². The third kappa shape index (κ3) is 3.48. The third-order valence-corrected chi connectivity index (χ3v) is 2.16. The number of benzene rings is 1. The van der Waals surface area contributed by atoms with Crippen LogP contribution >= 0.6 is 31.9 Å². The van der Waals surface area contributed by atoms with E-state index in [0.717, 1.165) is 4.47 Å². The van der Waals surface area contributed by atoms with Crippen molar-refractivity contribution in [3.8, 4) is 5.75 Å². The lowest BCUT2D eigenvalue weighted by Gasteiger charge is -2.06. The van der Waals surface area contributed by atoms with Gasteiger partial charge in [-0.3, -0.25) is 0 Å². The van der Waals surface area contributed by atoms with Crippen molar-refractivity contribution in [1.29, 1.82) is 0 Å². The van der Waals surface area contributed by atoms with Crippen molar-refractivity contribution < 1.29 is 9.13 Å². The minimum Gasteiger partial charge on any atom is -0.487 e. The van der Waals surface area contributed by atoms with E-state index in [1.54, 1.807) is 6.07 Å². The standard InChI is InChI=1S/C9H7Br2FO/c1-6(10)5-13-9-4-7(12)2-3-8(9)11/h2-4H,1,5H2. The molecule has 1 nitrogen and oxygen atoms in total. The molecular formula is C9H7Br2FO. The largest absolute Gasteiger partial charge is 0.487 e. The molecule has 0 bridgehead atoms. The predicted octanol–water partition coefficient (Wildman–Crippen LogP) is 3.88. The molecule has 0 aromatic heterocycles. The zero-order chi connectivity index (χ0) is 9.84. The molecule has 0 saturated carbocycles. The van der Waals surface area contributed by atoms with Crippen LogP contribution < -0.4 is 4.74 Å². The molecule has 0 aliphatic carbocycles. The molecule has 0 amide bonds. The van der Waals surface area contributed by atoms with Crippen LogP contribution in [-0.2, 0) is 0 Å². The molecule has 4 heteroatoms. The number of hydrogen-bond donors (Lipinski definition) is 0. The highest BCUT2D eigenvalue weighted by molar-refractivity contribution is 9.11. The maximum Gasteiger partial charge on any atom is 0.136 e. The number of rotatable bonds is 3. The smallest absolute Gasteiger partial charge is 0.136 e. The van der Waals surface area contributed by atoms with Crippen LogP contribution in [0.3, 0.4) is 0 Å². The Balaban J connectivity index is 2.75. The maximum atomic E-state index is 12.7. The summed E-state index contributed by atoms with van der Waals surface area (Å²) in [6, 6.07) is 4.28. The molecule has 0 saturated heterocycles. The quantitative estimate of drug-likeness (QED) is 0.823. The van der Waals surface area contributed by atoms with Gasteiger partial charge in [-0.05, 0) is 28.1 Å². The molecule has 70 valence electrons. The maximum absolute atomic E-state index is 12.7. The van der Waals surface area contributed by atoms with E-state index in [-0.39, 0.29) is 5.82 Å². The van der Waals surface area contributed by atoms with Crippen molar-refractivity contribution in [2.75, 3.05) is 6.61 Å². The van der Waals surface area contributed by atoms with Crippen LogP contribution in [0.2, 0.25) is 0 Å². The van der Waals surface area contributed by atoms with Crippen molar-refractivity contribution in [3.63, 3.8) is 0 Å². The van der Waals surface area contributed by atoms with E-state index in [0.29, 0.717) is 16.8 Å². The van der Waals surface area contributed by atoms with Gasteiger partial charge in [-0.15, -0.1) is 0 Å². The van der Waals surface area contributed by atoms with Gasteiger partial charge < -0.3 is 4.74 Å². The molecule has 0 aliphatic rings. The highest BCUT2D eigenvalue weighted by Crippen LogP contribution is 2.26. The Morgan fingerprint density at radius 1 is 1.54 bits per heavy atom. The normalized spacial score (nSPS) is 9.77. The fraction of sp³-hybridized carbons (Fsp3) is 0.111. The van der Waals surface area contributed by atoms with E-state index in [2.05, 4.69) is 38.4 Å². The van der Waals surface area contributed by atoms with Crippen molar-refractivity contribution in [3.05, 3.63) is 39.6 Å². The van der Waals surface area contributed by atoms with E-state index in [1.165, 1.54) is 12.1 Å². The molecule has 0 unspecified atom stereocenters. The third-order valence-electron chi connectivity index (χ3n) is 1.28. The molecule has 0 aliphatic heterocycles. The van der Waals surface area contributed by atoms with Crippen LogP contribution in [0.1, 0.15) is 0 Å². The van der Waals surface area contributed by atoms with E-state index >= 15 is 0 Å². The summed E-state index contributed by atoms with van der Waals surface area (Å²) in [5.41, 5.74) is 0. The van der Waals surface area contributed by atoms with Gasteiger partial charge in [0.1, 0.15) is 18.2 Å². The average Bonchev–Trinajstić information content (AvgIpc) is 2.06. The van der Waals surface area contributed by atoms with Crippen LogP contribution in [0.5, 0.6) is 5.75 Å². The first kappa shape index (κ1) is 10.7. The lowest BCUT2D eigenvalue weighted by molar-refractivity contribution is 0.356. The minimum atomic E-state index is -0.321. The lowest BCUT2D eigenvalue weighted by Crippen LogP contribution is -1.97. The molecule has 0 radical (unpaired) electrons. The summed E-state index contributed by atoms with van der Waals surface area (Å²) in [7, 11) is 0. The molecule has 0 spiro atoms. The summed E-state index contributed by atoms with van der Waals surface area (Å²) in [5, 5.41) is 0. The molecule has 0 heterocycles. The predicted molar refractivity (Wildman–Crippen MR) is 57.7 cm³/mol. The van der Waals surface area contributed by atoms with Gasteiger partial charge in [0.15, 0.2) is 0 Å². The zero-order valence-electron chi connectivity index (χ0n) is 6.69. The summed E-state index contributed by atoms with van der Waals surface area (Å²) >= 11 is 6.39. The summed E-state index contributed by atoms with van der Waals surface area (Å²) < 4.78 is 19.4. The summed E-state index contributed by atoms with van der Waals surface area (Å²) in [6.45, 7) is 3.93. The molecule has 0 N–H and O–H groups in total. The van der Waals surface area contributed by atoms with E-state index in [1.807, 2.05) is 0 Å². The fourth-order valence-electron chi connectivity index (χ4n) is 0.744. The van der Waals surface area contributed by atoms with Crippen molar-refractivity contribution in [1.82, 2.24) is 0 Å². The first-order valence-corrected chi connectivity index (χ1v) is 5.09. The second-order valence-electron chi connectivity index (χ2n) is 2.38. The minimum absolute atomic E-state index is 0.321. The second kappa shape index (κ2) is 4.77. The van der Waals surface area contributed by atoms with Gasteiger partial charge in [0.05, 0.1) is 4.47 Å². The van der Waals surface area contributed by atoms with Gasteiger partial charge in [0.25, 0.3) is 0 Å². The Hall–Kier alpha value is -0.350. The van der Waals surface area contributed by atoms with Gasteiger partial charge in [0, 0.05) is 10.5 Å². The topological polar surface area (TPSA) is 9.23 Å². The highest BCUT2D eigenvalue weighted by Gasteiger charge is 2.02. The summed E-state index contributed by atoms with van der Waals surface area (Å²) in [5.74, 6) is 0.152. The SMILES string of the molecule is C=C(Br)COc1cc(F)ccc1Br. The van der Waals surface area contributed by atoms with E-state index in [4.69, 9.17) is 4.74 Å². The van der Waals surface area contributed by atoms with Gasteiger partial charge in [-0.1, -0.05) is 22.5 Å². The number of hydrogen-bond acceptors (Lipinski definition) is 1. The molecule has 1 aromatic carbocycles. The molecule has 0 atom stereocenters. The van der Waals surface area contributed by atoms with Gasteiger partial charge in [-0.25, -0.2) is 4.39 Å². The van der Waals surface area contributed by atoms with E-state index in [9.17, 15) is 4.39 Å². The first-order valence-electron chi connectivity index (χ1n) is 3.50.